The molecule has 31 heavy (non-hydrogen) atoms. The molecule has 0 spiro atoms. The molecule has 3 N–H and O–H groups in total. The Bertz CT molecular complexity index is 1320. The first kappa shape index (κ1) is 18.4. The molecular weight excluding hydrogens is 397 g/mol. The first-order valence-corrected chi connectivity index (χ1v) is 10.5. The van der Waals surface area contributed by atoms with Crippen LogP contribution >= 0.6 is 0 Å². The lowest BCUT2D eigenvalue weighted by molar-refractivity contribution is 0.312. The van der Waals surface area contributed by atoms with E-state index in [1.165, 1.54) is 6.07 Å². The van der Waals surface area contributed by atoms with Crippen LogP contribution in [0.1, 0.15) is 24.2 Å². The Labute approximate surface area is 177 Å². The van der Waals surface area contributed by atoms with E-state index < -0.39 is 0 Å². The summed E-state index contributed by atoms with van der Waals surface area (Å²) in [6.45, 7) is 4.42. The minimum atomic E-state index is -0.249. The number of hydrogen-bond acceptors (Lipinski definition) is 7. The van der Waals surface area contributed by atoms with Gasteiger partial charge in [0.15, 0.2) is 5.75 Å². The van der Waals surface area contributed by atoms with Crippen molar-refractivity contribution in [3.63, 3.8) is 0 Å². The minimum Gasteiger partial charge on any atom is -0.421 e. The number of H-pyrrole nitrogens is 1. The monoisotopic (exact) mass is 419 g/mol. The number of benzene rings is 1. The highest BCUT2D eigenvalue weighted by molar-refractivity contribution is 6.13. The van der Waals surface area contributed by atoms with Crippen LogP contribution in [0.5, 0.6) is 11.8 Å². The van der Waals surface area contributed by atoms with Crippen molar-refractivity contribution in [1.29, 1.82) is 0 Å². The minimum absolute atomic E-state index is 0.199. The van der Waals surface area contributed by atoms with Gasteiger partial charge in [-0.3, -0.25) is 0 Å². The largest absolute Gasteiger partial charge is 0.421 e. The molecule has 6 rings (SSSR count). The van der Waals surface area contributed by atoms with Crippen LogP contribution in [0, 0.1) is 25.6 Å². The van der Waals surface area contributed by atoms with E-state index >= 15 is 0 Å². The second-order valence-electron chi connectivity index (χ2n) is 8.47. The molecule has 9 heteroatoms. The van der Waals surface area contributed by atoms with Crippen LogP contribution in [0.15, 0.2) is 24.5 Å². The Morgan fingerprint density at radius 1 is 1.13 bits per heavy atom. The summed E-state index contributed by atoms with van der Waals surface area (Å²) in [6, 6.07) is 3.97. The molecule has 3 aromatic heterocycles. The first-order chi connectivity index (χ1) is 15.0. The molecule has 1 saturated carbocycles. The Morgan fingerprint density at radius 2 is 1.94 bits per heavy atom. The summed E-state index contributed by atoms with van der Waals surface area (Å²) in [5.74, 6) is 2.08. The van der Waals surface area contributed by atoms with E-state index in [-0.39, 0.29) is 17.9 Å². The summed E-state index contributed by atoms with van der Waals surface area (Å²) < 4.78 is 20.3. The van der Waals surface area contributed by atoms with Gasteiger partial charge in [-0.15, -0.1) is 0 Å². The number of halogens is 1. The molecule has 3 unspecified atom stereocenters. The summed E-state index contributed by atoms with van der Waals surface area (Å²) in [5.41, 5.74) is 8.29. The molecule has 2 fully saturated rings. The third-order valence-electron chi connectivity index (χ3n) is 6.66. The second-order valence-corrected chi connectivity index (χ2v) is 8.47. The zero-order valence-corrected chi connectivity index (χ0v) is 17.3. The lowest BCUT2D eigenvalue weighted by atomic mass is 9.89. The van der Waals surface area contributed by atoms with Gasteiger partial charge >= 0.3 is 6.01 Å². The Hall–Kier alpha value is -3.33. The number of ether oxygens (including phenoxy) is 1. The van der Waals surface area contributed by atoms with Crippen LogP contribution in [0.2, 0.25) is 0 Å². The Morgan fingerprint density at radius 3 is 2.71 bits per heavy atom. The maximum atomic E-state index is 14.4. The van der Waals surface area contributed by atoms with Crippen LogP contribution in [0.25, 0.3) is 21.9 Å². The van der Waals surface area contributed by atoms with E-state index in [9.17, 15) is 4.39 Å². The molecule has 158 valence electrons. The van der Waals surface area contributed by atoms with Gasteiger partial charge in [0.1, 0.15) is 23.1 Å². The zero-order valence-electron chi connectivity index (χ0n) is 17.3. The van der Waals surface area contributed by atoms with Gasteiger partial charge in [0.05, 0.1) is 17.8 Å². The fourth-order valence-electron chi connectivity index (χ4n) is 4.97. The normalized spacial score (nSPS) is 22.7. The van der Waals surface area contributed by atoms with Crippen LogP contribution < -0.4 is 15.4 Å². The number of nitrogens with one attached hydrogen (secondary N) is 1. The fraction of sp³-hybridized carbons (Fsp3) is 0.364. The number of nitrogens with zero attached hydrogens (tertiary/aromatic N) is 5. The molecule has 1 aromatic carbocycles. The number of aryl methyl sites for hydroxylation is 2. The van der Waals surface area contributed by atoms with E-state index in [4.69, 9.17) is 15.5 Å². The molecule has 2 aliphatic rings. The van der Waals surface area contributed by atoms with Gasteiger partial charge in [0.2, 0.25) is 0 Å². The molecular formula is C22H22FN7O. The zero-order chi connectivity index (χ0) is 21.3. The average Bonchev–Trinajstić information content (AvgIpc) is 3.24. The Balaban J connectivity index is 1.53. The SMILES string of the molecule is Cc1ncc(Oc2nc(N3CC4C(N)CCC43)c3c(n2)[nH]c2ccc(F)c(C)c23)cn1. The van der Waals surface area contributed by atoms with E-state index in [0.717, 1.165) is 41.5 Å². The maximum absolute atomic E-state index is 14.4. The van der Waals surface area contributed by atoms with Crippen molar-refractivity contribution in [2.45, 2.75) is 38.8 Å². The van der Waals surface area contributed by atoms with Crippen molar-refractivity contribution in [2.24, 2.45) is 11.7 Å². The van der Waals surface area contributed by atoms with Crippen molar-refractivity contribution in [2.75, 3.05) is 11.4 Å². The number of fused-ring (bicyclic) bond motifs is 4. The first-order valence-electron chi connectivity index (χ1n) is 10.5. The quantitative estimate of drug-likeness (QED) is 0.524. The van der Waals surface area contributed by atoms with Gasteiger partial charge in [-0.2, -0.15) is 9.97 Å². The highest BCUT2D eigenvalue weighted by Crippen LogP contribution is 2.45. The number of rotatable bonds is 3. The third kappa shape index (κ3) is 2.76. The van der Waals surface area contributed by atoms with Gasteiger partial charge in [-0.05, 0) is 44.4 Å². The van der Waals surface area contributed by atoms with Gasteiger partial charge < -0.3 is 20.4 Å². The number of aromatic nitrogens is 5. The lowest BCUT2D eigenvalue weighted by Crippen LogP contribution is -2.58. The average molecular weight is 419 g/mol. The molecule has 0 bridgehead atoms. The van der Waals surface area contributed by atoms with Crippen LogP contribution in [0.3, 0.4) is 0 Å². The van der Waals surface area contributed by atoms with Crippen molar-refractivity contribution < 1.29 is 9.13 Å². The molecule has 4 aromatic rings. The van der Waals surface area contributed by atoms with Crippen LogP contribution in [0.4, 0.5) is 10.2 Å². The highest BCUT2D eigenvalue weighted by atomic mass is 19.1. The number of hydrogen-bond donors (Lipinski definition) is 2. The third-order valence-corrected chi connectivity index (χ3v) is 6.66. The second kappa shape index (κ2) is 6.58. The molecule has 3 atom stereocenters. The molecule has 1 aliphatic carbocycles. The predicted molar refractivity (Wildman–Crippen MR) is 115 cm³/mol. The summed E-state index contributed by atoms with van der Waals surface area (Å²) in [7, 11) is 0. The van der Waals surface area contributed by atoms with E-state index in [1.54, 1.807) is 25.4 Å². The molecule has 0 amide bonds. The van der Waals surface area contributed by atoms with E-state index in [0.29, 0.717) is 34.7 Å². The Kier molecular flexibility index (Phi) is 3.92. The predicted octanol–water partition coefficient (Wildman–Crippen LogP) is 3.38. The number of anilines is 1. The lowest BCUT2D eigenvalue weighted by Gasteiger charge is -2.46. The van der Waals surface area contributed by atoms with Crippen LogP contribution in [-0.2, 0) is 0 Å². The van der Waals surface area contributed by atoms with Gasteiger partial charge in [0.25, 0.3) is 0 Å². The molecule has 4 heterocycles. The maximum Gasteiger partial charge on any atom is 0.326 e. The van der Waals surface area contributed by atoms with Crippen molar-refractivity contribution in [3.05, 3.63) is 41.7 Å². The molecule has 1 aliphatic heterocycles. The van der Waals surface area contributed by atoms with E-state index in [2.05, 4.69) is 24.8 Å². The molecule has 0 radical (unpaired) electrons. The van der Waals surface area contributed by atoms with E-state index in [1.807, 2.05) is 6.92 Å². The highest BCUT2D eigenvalue weighted by Gasteiger charge is 2.48. The number of nitrogens with two attached hydrogens (primary N) is 1. The summed E-state index contributed by atoms with van der Waals surface area (Å²) in [4.78, 5) is 23.3. The fourth-order valence-corrected chi connectivity index (χ4v) is 4.97. The van der Waals surface area contributed by atoms with Crippen molar-refractivity contribution >= 4 is 27.8 Å². The van der Waals surface area contributed by atoms with Gasteiger partial charge in [-0.1, -0.05) is 0 Å². The van der Waals surface area contributed by atoms with Crippen molar-refractivity contribution in [1.82, 2.24) is 24.9 Å². The number of aromatic amines is 1. The summed E-state index contributed by atoms with van der Waals surface area (Å²) in [5, 5.41) is 1.62. The molecule has 1 saturated heterocycles. The van der Waals surface area contributed by atoms with Crippen LogP contribution in [-0.4, -0.2) is 43.5 Å². The van der Waals surface area contributed by atoms with Gasteiger partial charge in [-0.25, -0.2) is 14.4 Å². The standard InChI is InChI=1S/C22H22FN7O/c1-10-14(23)3-5-16-18(10)19-20(27-16)28-22(31-12-7-25-11(2)26-8-12)29-21(19)30-9-13-15(24)4-6-17(13)30/h3,5,7-8,13,15,17H,4,6,9,24H2,1-2H3,(H,27,28,29). The topological polar surface area (TPSA) is 106 Å². The summed E-state index contributed by atoms with van der Waals surface area (Å²) >= 11 is 0. The molecule has 8 nitrogen and oxygen atoms in total. The van der Waals surface area contributed by atoms with Gasteiger partial charge in [0, 0.05) is 35.4 Å². The van der Waals surface area contributed by atoms with Crippen molar-refractivity contribution in [3.8, 4) is 11.8 Å². The summed E-state index contributed by atoms with van der Waals surface area (Å²) in [6.07, 6.45) is 5.21. The smallest absolute Gasteiger partial charge is 0.326 e.